The van der Waals surface area contributed by atoms with Crippen LogP contribution in [0.15, 0.2) is 23.4 Å². The summed E-state index contributed by atoms with van der Waals surface area (Å²) >= 11 is 1.22. The van der Waals surface area contributed by atoms with Gasteiger partial charge in [0.1, 0.15) is 5.52 Å². The van der Waals surface area contributed by atoms with Gasteiger partial charge in [-0.25, -0.2) is 4.98 Å². The number of nitrogens with one attached hydrogen (secondary N) is 1. The van der Waals surface area contributed by atoms with Crippen molar-refractivity contribution in [2.24, 2.45) is 0 Å². The van der Waals surface area contributed by atoms with Gasteiger partial charge in [0.25, 0.3) is 0 Å². The van der Waals surface area contributed by atoms with E-state index >= 15 is 0 Å². The van der Waals surface area contributed by atoms with Crippen LogP contribution in [0.25, 0.3) is 22.1 Å². The largest absolute Gasteiger partial charge is 0.462 e. The molecule has 0 aliphatic carbocycles. The maximum atomic E-state index is 11.6. The molecule has 0 aliphatic heterocycles. The van der Waals surface area contributed by atoms with Gasteiger partial charge < -0.3 is 9.72 Å². The third-order valence-corrected chi connectivity index (χ3v) is 4.17. The predicted molar refractivity (Wildman–Crippen MR) is 90.5 cm³/mol. The van der Waals surface area contributed by atoms with E-state index in [1.807, 2.05) is 19.9 Å². The number of ether oxygens (including phenoxy) is 1. The molecule has 0 bridgehead atoms. The molecule has 120 valence electrons. The average Bonchev–Trinajstić information content (AvgIpc) is 2.89. The molecule has 0 amide bonds. The number of esters is 1. The summed E-state index contributed by atoms with van der Waals surface area (Å²) in [5.41, 5.74) is 3.67. The monoisotopic (exact) mass is 330 g/mol. The van der Waals surface area contributed by atoms with Gasteiger partial charge in [-0.15, -0.1) is 10.2 Å². The van der Waals surface area contributed by atoms with Gasteiger partial charge in [0.05, 0.1) is 11.9 Å². The molecule has 0 spiro atoms. The van der Waals surface area contributed by atoms with Crippen LogP contribution in [0.5, 0.6) is 0 Å². The lowest BCUT2D eigenvalue weighted by atomic mass is 10.1. The van der Waals surface area contributed by atoms with E-state index in [-0.39, 0.29) is 17.8 Å². The molecule has 6 nitrogen and oxygen atoms in total. The Bertz CT molecular complexity index is 860. The van der Waals surface area contributed by atoms with Crippen LogP contribution in [0.4, 0.5) is 0 Å². The van der Waals surface area contributed by atoms with E-state index in [0.717, 1.165) is 22.8 Å². The molecule has 0 fully saturated rings. The second-order valence-corrected chi connectivity index (χ2v) is 6.42. The molecule has 23 heavy (non-hydrogen) atoms. The van der Waals surface area contributed by atoms with Gasteiger partial charge in [-0.05, 0) is 38.0 Å². The molecule has 0 aliphatic rings. The molecule has 3 aromatic rings. The zero-order chi connectivity index (χ0) is 16.4. The van der Waals surface area contributed by atoms with Crippen LogP contribution in [-0.4, -0.2) is 38.0 Å². The average molecular weight is 330 g/mol. The second kappa shape index (κ2) is 6.54. The topological polar surface area (TPSA) is 80.8 Å². The van der Waals surface area contributed by atoms with Crippen LogP contribution in [0.3, 0.4) is 0 Å². The Morgan fingerprint density at radius 1 is 1.35 bits per heavy atom. The van der Waals surface area contributed by atoms with E-state index in [2.05, 4.69) is 39.2 Å². The fourth-order valence-electron chi connectivity index (χ4n) is 2.31. The first-order valence-corrected chi connectivity index (χ1v) is 8.52. The summed E-state index contributed by atoms with van der Waals surface area (Å²) in [5, 5.41) is 9.86. The maximum absolute atomic E-state index is 11.6. The third kappa shape index (κ3) is 3.44. The Kier molecular flexibility index (Phi) is 4.47. The highest BCUT2D eigenvalue weighted by Crippen LogP contribution is 2.24. The van der Waals surface area contributed by atoms with Gasteiger partial charge in [0, 0.05) is 10.9 Å². The molecule has 0 radical (unpaired) electrons. The zero-order valence-corrected chi connectivity index (χ0v) is 14.1. The number of hydrogen-bond donors (Lipinski definition) is 1. The first kappa shape index (κ1) is 15.7. The van der Waals surface area contributed by atoms with Gasteiger partial charge in [-0.3, -0.25) is 4.79 Å². The van der Waals surface area contributed by atoms with E-state index in [0.29, 0.717) is 10.8 Å². The number of carbonyl (C=O) groups excluding carboxylic acids is 1. The summed E-state index contributed by atoms with van der Waals surface area (Å²) in [4.78, 5) is 19.3. The number of aromatic amines is 1. The second-order valence-electron chi connectivity index (χ2n) is 5.48. The lowest BCUT2D eigenvalue weighted by molar-refractivity contribution is -0.144. The summed E-state index contributed by atoms with van der Waals surface area (Å²) in [6.45, 7) is 5.76. The fourth-order valence-corrected chi connectivity index (χ4v) is 2.87. The number of benzene rings is 1. The minimum Gasteiger partial charge on any atom is -0.462 e. The fraction of sp³-hybridized carbons (Fsp3) is 0.375. The molecular formula is C16H18N4O2S. The first-order chi connectivity index (χ1) is 11.1. The highest BCUT2D eigenvalue weighted by molar-refractivity contribution is 7.99. The SMILES string of the molecule is CCc1ccc2[nH]c3nc(SCC(=O)OC(C)C)nnc3c2c1. The number of nitrogens with zero attached hydrogens (tertiary/aromatic N) is 3. The minimum absolute atomic E-state index is 0.119. The molecule has 0 saturated carbocycles. The summed E-state index contributed by atoms with van der Waals surface area (Å²) in [7, 11) is 0. The van der Waals surface area contributed by atoms with Gasteiger partial charge in [-0.2, -0.15) is 0 Å². The summed E-state index contributed by atoms with van der Waals surface area (Å²) < 4.78 is 5.09. The lowest BCUT2D eigenvalue weighted by Gasteiger charge is -2.06. The van der Waals surface area contributed by atoms with Crippen LogP contribution in [0.2, 0.25) is 0 Å². The van der Waals surface area contributed by atoms with Crippen molar-refractivity contribution in [3.63, 3.8) is 0 Å². The Morgan fingerprint density at radius 2 is 2.17 bits per heavy atom. The van der Waals surface area contributed by atoms with Crippen molar-refractivity contribution in [1.29, 1.82) is 0 Å². The Morgan fingerprint density at radius 3 is 2.91 bits per heavy atom. The number of fused-ring (bicyclic) bond motifs is 3. The molecule has 3 rings (SSSR count). The van der Waals surface area contributed by atoms with Crippen LogP contribution in [0.1, 0.15) is 26.3 Å². The number of hydrogen-bond acceptors (Lipinski definition) is 6. The maximum Gasteiger partial charge on any atom is 0.316 e. The number of H-pyrrole nitrogens is 1. The number of aromatic nitrogens is 4. The Balaban J connectivity index is 1.84. The zero-order valence-electron chi connectivity index (χ0n) is 13.3. The Hall–Kier alpha value is -2.15. The van der Waals surface area contributed by atoms with Gasteiger partial charge in [0.15, 0.2) is 5.65 Å². The van der Waals surface area contributed by atoms with Crippen LogP contribution >= 0.6 is 11.8 Å². The standard InChI is InChI=1S/C16H18N4O2S/c1-4-10-5-6-12-11(7-10)14-15(17-12)18-16(20-19-14)23-8-13(21)22-9(2)3/h5-7,9H,4,8H2,1-3H3,(H,17,18,20). The molecule has 1 N–H and O–H groups in total. The summed E-state index contributed by atoms with van der Waals surface area (Å²) in [6, 6.07) is 6.23. The van der Waals surface area contributed by atoms with Crippen LogP contribution in [-0.2, 0) is 16.0 Å². The molecule has 2 heterocycles. The predicted octanol–water partition coefficient (Wildman–Crippen LogP) is 3.11. The van der Waals surface area contributed by atoms with Gasteiger partial charge >= 0.3 is 5.97 Å². The van der Waals surface area contributed by atoms with Crippen molar-refractivity contribution in [3.8, 4) is 0 Å². The van der Waals surface area contributed by atoms with Crippen molar-refractivity contribution in [1.82, 2.24) is 20.2 Å². The van der Waals surface area contributed by atoms with Crippen LogP contribution < -0.4 is 0 Å². The molecule has 2 aromatic heterocycles. The van der Waals surface area contributed by atoms with Crippen LogP contribution in [0, 0.1) is 0 Å². The van der Waals surface area contributed by atoms with Crippen molar-refractivity contribution in [3.05, 3.63) is 23.8 Å². The molecule has 0 unspecified atom stereocenters. The number of rotatable bonds is 5. The van der Waals surface area contributed by atoms with E-state index in [1.54, 1.807) is 0 Å². The quantitative estimate of drug-likeness (QED) is 0.572. The number of aryl methyl sites for hydroxylation is 1. The minimum atomic E-state index is -0.280. The first-order valence-electron chi connectivity index (χ1n) is 7.54. The Labute approximate surface area is 138 Å². The van der Waals surface area contributed by atoms with Gasteiger partial charge in [0.2, 0.25) is 5.16 Å². The summed E-state index contributed by atoms with van der Waals surface area (Å²) in [6.07, 6.45) is 0.848. The lowest BCUT2D eigenvalue weighted by Crippen LogP contribution is -2.13. The van der Waals surface area contributed by atoms with Crippen molar-refractivity contribution < 1.29 is 9.53 Å². The highest BCUT2D eigenvalue weighted by atomic mass is 32.2. The molecular weight excluding hydrogens is 312 g/mol. The van der Waals surface area contributed by atoms with E-state index < -0.39 is 0 Å². The molecule has 0 saturated heterocycles. The van der Waals surface area contributed by atoms with Crippen molar-refractivity contribution >= 4 is 39.8 Å². The van der Waals surface area contributed by atoms with Crippen molar-refractivity contribution in [2.75, 3.05) is 5.75 Å². The van der Waals surface area contributed by atoms with E-state index in [1.165, 1.54) is 17.3 Å². The highest BCUT2D eigenvalue weighted by Gasteiger charge is 2.12. The number of thioether (sulfide) groups is 1. The van der Waals surface area contributed by atoms with Crippen molar-refractivity contribution in [2.45, 2.75) is 38.5 Å². The third-order valence-electron chi connectivity index (χ3n) is 3.35. The normalized spacial score (nSPS) is 11.5. The molecule has 0 atom stereocenters. The number of carbonyl (C=O) groups is 1. The molecule has 7 heteroatoms. The summed E-state index contributed by atoms with van der Waals surface area (Å²) in [5.74, 6) is -0.107. The van der Waals surface area contributed by atoms with Gasteiger partial charge in [-0.1, -0.05) is 24.8 Å². The van der Waals surface area contributed by atoms with E-state index in [9.17, 15) is 4.79 Å². The molecule has 1 aromatic carbocycles. The van der Waals surface area contributed by atoms with E-state index in [4.69, 9.17) is 4.74 Å². The smallest absolute Gasteiger partial charge is 0.316 e.